The molecule has 0 spiro atoms. The number of hydrogen-bond donors (Lipinski definition) is 2. The quantitative estimate of drug-likeness (QED) is 0.754. The molecule has 0 saturated carbocycles. The van der Waals surface area contributed by atoms with Crippen molar-refractivity contribution in [1.82, 2.24) is 5.32 Å². The minimum atomic E-state index is -1.10. The van der Waals surface area contributed by atoms with Crippen LogP contribution < -0.4 is 5.32 Å². The molecule has 5 nitrogen and oxygen atoms in total. The number of methoxy groups -OCH3 is 1. The summed E-state index contributed by atoms with van der Waals surface area (Å²) in [5.74, 6) is -1.54. The summed E-state index contributed by atoms with van der Waals surface area (Å²) in [4.78, 5) is 24.6. The Labute approximate surface area is 153 Å². The largest absolute Gasteiger partial charge is 0.480 e. The fraction of sp³-hybridized carbons (Fsp3) is 0.250. The van der Waals surface area contributed by atoms with Crippen molar-refractivity contribution in [1.29, 1.82) is 0 Å². The Morgan fingerprint density at radius 2 is 1.92 bits per heavy atom. The lowest BCUT2D eigenvalue weighted by atomic mass is 10.2. The number of rotatable bonds is 7. The molecule has 8 heteroatoms. The lowest BCUT2D eigenvalue weighted by molar-refractivity contribution is -0.139. The lowest BCUT2D eigenvalue weighted by Crippen LogP contribution is -2.41. The van der Waals surface area contributed by atoms with E-state index in [1.54, 1.807) is 30.3 Å². The topological polar surface area (TPSA) is 75.6 Å². The number of benzene rings is 1. The number of aliphatic carboxylic acids is 1. The maximum absolute atomic E-state index is 12.2. The molecule has 0 aliphatic heterocycles. The zero-order valence-electron chi connectivity index (χ0n) is 12.7. The third-order valence-electron chi connectivity index (χ3n) is 3.19. The second kappa shape index (κ2) is 8.48. The summed E-state index contributed by atoms with van der Waals surface area (Å²) in [6.45, 7) is 0.244. The molecule has 0 fully saturated rings. The Hall–Kier alpha value is -1.60. The minimum absolute atomic E-state index is 0.194. The SMILES string of the molecule is COCCC(NC(=O)c1ccc(-c2cc(Cl)cc(Cl)c2)s1)C(=O)O. The van der Waals surface area contributed by atoms with Crippen LogP contribution in [0.5, 0.6) is 0 Å². The molecule has 0 bridgehead atoms. The number of halogens is 2. The molecule has 1 unspecified atom stereocenters. The molecule has 128 valence electrons. The van der Waals surface area contributed by atoms with Crippen molar-refractivity contribution >= 4 is 46.4 Å². The van der Waals surface area contributed by atoms with Gasteiger partial charge in [-0.15, -0.1) is 11.3 Å². The number of hydrogen-bond acceptors (Lipinski definition) is 4. The van der Waals surface area contributed by atoms with Crippen molar-refractivity contribution in [2.75, 3.05) is 13.7 Å². The first-order chi connectivity index (χ1) is 11.4. The highest BCUT2D eigenvalue weighted by Crippen LogP contribution is 2.32. The Morgan fingerprint density at radius 1 is 1.25 bits per heavy atom. The molecule has 0 aliphatic carbocycles. The van der Waals surface area contributed by atoms with Crippen LogP contribution in [0.2, 0.25) is 10.0 Å². The van der Waals surface area contributed by atoms with Crippen LogP contribution in [-0.2, 0) is 9.53 Å². The van der Waals surface area contributed by atoms with Crippen LogP contribution in [0, 0.1) is 0 Å². The molecule has 1 amide bonds. The summed E-state index contributed by atoms with van der Waals surface area (Å²) in [5, 5.41) is 12.6. The number of ether oxygens (including phenoxy) is 1. The molecule has 1 aromatic heterocycles. The Morgan fingerprint density at radius 3 is 2.50 bits per heavy atom. The normalized spacial score (nSPS) is 12.0. The first kappa shape index (κ1) is 18.7. The molecule has 2 rings (SSSR count). The minimum Gasteiger partial charge on any atom is -0.480 e. The van der Waals surface area contributed by atoms with Gasteiger partial charge in [0.15, 0.2) is 0 Å². The van der Waals surface area contributed by atoms with Crippen molar-refractivity contribution in [2.24, 2.45) is 0 Å². The van der Waals surface area contributed by atoms with Crippen LogP contribution in [0.4, 0.5) is 0 Å². The molecule has 1 aromatic carbocycles. The summed E-state index contributed by atoms with van der Waals surface area (Å²) in [7, 11) is 1.47. The third kappa shape index (κ3) is 4.95. The number of nitrogens with one attached hydrogen (secondary N) is 1. The van der Waals surface area contributed by atoms with Gasteiger partial charge >= 0.3 is 5.97 Å². The molecular formula is C16H15Cl2NO4S. The molecule has 1 atom stereocenters. The Balaban J connectivity index is 2.14. The van der Waals surface area contributed by atoms with E-state index in [0.29, 0.717) is 14.9 Å². The predicted molar refractivity (Wildman–Crippen MR) is 95.2 cm³/mol. The van der Waals surface area contributed by atoms with Crippen molar-refractivity contribution in [2.45, 2.75) is 12.5 Å². The molecule has 0 aliphatic rings. The van der Waals surface area contributed by atoms with Crippen LogP contribution in [0.1, 0.15) is 16.1 Å². The van der Waals surface area contributed by atoms with Gasteiger partial charge in [0.25, 0.3) is 5.91 Å². The number of carbonyl (C=O) groups excluding carboxylic acids is 1. The van der Waals surface area contributed by atoms with E-state index in [0.717, 1.165) is 10.4 Å². The smallest absolute Gasteiger partial charge is 0.326 e. The Bertz CT molecular complexity index is 727. The van der Waals surface area contributed by atoms with E-state index in [-0.39, 0.29) is 13.0 Å². The maximum atomic E-state index is 12.2. The van der Waals surface area contributed by atoms with E-state index in [9.17, 15) is 9.59 Å². The maximum Gasteiger partial charge on any atom is 0.326 e. The molecule has 2 N–H and O–H groups in total. The van der Waals surface area contributed by atoms with Gasteiger partial charge < -0.3 is 15.2 Å². The zero-order valence-corrected chi connectivity index (χ0v) is 15.0. The van der Waals surface area contributed by atoms with Crippen molar-refractivity contribution in [3.05, 3.63) is 45.3 Å². The zero-order chi connectivity index (χ0) is 17.7. The first-order valence-electron chi connectivity index (χ1n) is 6.99. The van der Waals surface area contributed by atoms with Gasteiger partial charge in [-0.1, -0.05) is 23.2 Å². The number of carboxylic acids is 1. The van der Waals surface area contributed by atoms with E-state index >= 15 is 0 Å². The van der Waals surface area contributed by atoms with Crippen LogP contribution >= 0.6 is 34.5 Å². The average molecular weight is 388 g/mol. The monoisotopic (exact) mass is 387 g/mol. The molecule has 24 heavy (non-hydrogen) atoms. The van der Waals surface area contributed by atoms with E-state index in [1.807, 2.05) is 0 Å². The second-order valence-corrected chi connectivity index (χ2v) is 6.92. The molecular weight excluding hydrogens is 373 g/mol. The number of carbonyl (C=O) groups is 2. The van der Waals surface area contributed by atoms with Gasteiger partial charge in [0.2, 0.25) is 0 Å². The van der Waals surface area contributed by atoms with Crippen LogP contribution in [0.25, 0.3) is 10.4 Å². The average Bonchev–Trinajstić information content (AvgIpc) is 3.00. The van der Waals surface area contributed by atoms with Crippen molar-refractivity contribution in [3.63, 3.8) is 0 Å². The van der Waals surface area contributed by atoms with E-state index in [1.165, 1.54) is 18.4 Å². The van der Waals surface area contributed by atoms with Gasteiger partial charge in [0, 0.05) is 35.1 Å². The standard InChI is InChI=1S/C16H15Cl2NO4S/c1-23-5-4-12(16(21)22)19-15(20)14-3-2-13(24-14)9-6-10(17)8-11(18)7-9/h2-3,6-8,12H,4-5H2,1H3,(H,19,20)(H,21,22). The summed E-state index contributed by atoms with van der Waals surface area (Å²) < 4.78 is 4.86. The molecule has 0 saturated heterocycles. The van der Waals surface area contributed by atoms with E-state index in [2.05, 4.69) is 5.32 Å². The van der Waals surface area contributed by atoms with Crippen molar-refractivity contribution < 1.29 is 19.4 Å². The van der Waals surface area contributed by atoms with Gasteiger partial charge in [0.05, 0.1) is 4.88 Å². The highest BCUT2D eigenvalue weighted by molar-refractivity contribution is 7.17. The number of carboxylic acid groups (broad SMARTS) is 1. The fourth-order valence-electron chi connectivity index (χ4n) is 2.03. The van der Waals surface area contributed by atoms with Gasteiger partial charge in [-0.25, -0.2) is 4.79 Å². The molecule has 1 heterocycles. The van der Waals surface area contributed by atoms with Crippen LogP contribution in [0.3, 0.4) is 0 Å². The second-order valence-electron chi connectivity index (χ2n) is 4.97. The summed E-state index contributed by atoms with van der Waals surface area (Å²) in [6, 6.07) is 7.54. The predicted octanol–water partition coefficient (Wildman–Crippen LogP) is 3.94. The number of thiophene rings is 1. The van der Waals surface area contributed by atoms with Gasteiger partial charge in [0.1, 0.15) is 6.04 Å². The lowest BCUT2D eigenvalue weighted by Gasteiger charge is -2.13. The third-order valence-corrected chi connectivity index (χ3v) is 4.76. The molecule has 2 aromatic rings. The van der Waals surface area contributed by atoms with Gasteiger partial charge in [-0.3, -0.25) is 4.79 Å². The van der Waals surface area contributed by atoms with Crippen LogP contribution in [-0.4, -0.2) is 36.7 Å². The van der Waals surface area contributed by atoms with E-state index in [4.69, 9.17) is 33.0 Å². The molecule has 0 radical (unpaired) electrons. The summed E-state index contributed by atoms with van der Waals surface area (Å²) >= 11 is 13.2. The summed E-state index contributed by atoms with van der Waals surface area (Å²) in [6.07, 6.45) is 0.194. The van der Waals surface area contributed by atoms with Gasteiger partial charge in [-0.2, -0.15) is 0 Å². The fourth-order valence-corrected chi connectivity index (χ4v) is 3.46. The highest BCUT2D eigenvalue weighted by Gasteiger charge is 2.21. The number of amides is 1. The first-order valence-corrected chi connectivity index (χ1v) is 8.57. The van der Waals surface area contributed by atoms with Crippen LogP contribution in [0.15, 0.2) is 30.3 Å². The Kier molecular flexibility index (Phi) is 6.62. The van der Waals surface area contributed by atoms with Gasteiger partial charge in [-0.05, 0) is 35.9 Å². The van der Waals surface area contributed by atoms with Crippen molar-refractivity contribution in [3.8, 4) is 10.4 Å². The van der Waals surface area contributed by atoms with E-state index < -0.39 is 17.9 Å². The summed E-state index contributed by atoms with van der Waals surface area (Å²) in [5.41, 5.74) is 0.797. The highest BCUT2D eigenvalue weighted by atomic mass is 35.5.